The Morgan fingerprint density at radius 1 is 1.38 bits per heavy atom. The van der Waals surface area contributed by atoms with Crippen molar-refractivity contribution in [3.63, 3.8) is 0 Å². The summed E-state index contributed by atoms with van der Waals surface area (Å²) < 4.78 is 1.96. The number of benzene rings is 1. The molecule has 0 radical (unpaired) electrons. The monoisotopic (exact) mass is 285 g/mol. The van der Waals surface area contributed by atoms with Crippen LogP contribution in [0.2, 0.25) is 0 Å². The Morgan fingerprint density at radius 2 is 2.14 bits per heavy atom. The second-order valence-electron chi connectivity index (χ2n) is 5.52. The summed E-state index contributed by atoms with van der Waals surface area (Å²) in [6.45, 7) is 0.663. The molecule has 1 aromatic carbocycles. The lowest BCUT2D eigenvalue weighted by Crippen LogP contribution is -2.18. The Balaban J connectivity index is 1.91. The third-order valence-corrected chi connectivity index (χ3v) is 4.13. The second kappa shape index (κ2) is 5.69. The highest BCUT2D eigenvalue weighted by atomic mass is 16.4. The van der Waals surface area contributed by atoms with Gasteiger partial charge < -0.3 is 10.8 Å². The number of fused-ring (bicyclic) bond motifs is 1. The molecule has 0 fully saturated rings. The molecule has 3 rings (SSSR count). The number of carbonyl (C=O) groups is 1. The minimum absolute atomic E-state index is 0.0484. The van der Waals surface area contributed by atoms with Crippen LogP contribution in [0, 0.1) is 0 Å². The molecule has 21 heavy (non-hydrogen) atoms. The predicted molar refractivity (Wildman–Crippen MR) is 79.6 cm³/mol. The number of carboxylic acid groups (broad SMARTS) is 1. The van der Waals surface area contributed by atoms with Crippen LogP contribution in [0.3, 0.4) is 0 Å². The highest BCUT2D eigenvalue weighted by molar-refractivity contribution is 5.70. The summed E-state index contributed by atoms with van der Waals surface area (Å²) in [5.41, 5.74) is 10.1. The first-order chi connectivity index (χ1) is 10.2. The van der Waals surface area contributed by atoms with Crippen molar-refractivity contribution in [2.75, 3.05) is 6.54 Å². The van der Waals surface area contributed by atoms with Crippen molar-refractivity contribution in [2.45, 2.75) is 31.6 Å². The lowest BCUT2D eigenvalue weighted by molar-refractivity contribution is -0.136. The molecule has 1 atom stereocenters. The van der Waals surface area contributed by atoms with Gasteiger partial charge in [-0.2, -0.15) is 5.10 Å². The Hall–Kier alpha value is -2.14. The summed E-state index contributed by atoms with van der Waals surface area (Å²) in [5.74, 6) is -0.404. The van der Waals surface area contributed by atoms with Crippen LogP contribution in [0.4, 0.5) is 0 Å². The number of rotatable bonds is 4. The Bertz CT molecular complexity index is 646. The minimum Gasteiger partial charge on any atom is -0.481 e. The van der Waals surface area contributed by atoms with Crippen LogP contribution in [0.1, 0.15) is 35.6 Å². The smallest absolute Gasteiger partial charge is 0.307 e. The van der Waals surface area contributed by atoms with Crippen molar-refractivity contribution in [2.24, 2.45) is 5.73 Å². The molecule has 0 bridgehead atoms. The van der Waals surface area contributed by atoms with E-state index in [1.54, 1.807) is 0 Å². The molecule has 0 aliphatic heterocycles. The minimum atomic E-state index is -0.815. The molecule has 0 saturated carbocycles. The summed E-state index contributed by atoms with van der Waals surface area (Å²) in [7, 11) is 0. The average Bonchev–Trinajstić information content (AvgIpc) is 2.91. The summed E-state index contributed by atoms with van der Waals surface area (Å²) in [4.78, 5) is 10.7. The largest absolute Gasteiger partial charge is 0.481 e. The summed E-state index contributed by atoms with van der Waals surface area (Å²) in [6, 6.07) is 7.55. The highest BCUT2D eigenvalue weighted by Gasteiger charge is 2.23. The lowest BCUT2D eigenvalue weighted by atomic mass is 9.87. The Kier molecular flexibility index (Phi) is 3.75. The number of nitrogens with two attached hydrogens (primary N) is 1. The molecular formula is C16H19N3O2. The first-order valence-corrected chi connectivity index (χ1v) is 7.27. The molecule has 3 N–H and O–H groups in total. The molecule has 110 valence electrons. The first-order valence-electron chi connectivity index (χ1n) is 7.27. The van der Waals surface area contributed by atoms with Gasteiger partial charge in [-0.15, -0.1) is 0 Å². The van der Waals surface area contributed by atoms with Gasteiger partial charge in [-0.05, 0) is 55.0 Å². The lowest BCUT2D eigenvalue weighted by Gasteiger charge is -2.21. The van der Waals surface area contributed by atoms with Crippen LogP contribution >= 0.6 is 0 Å². The van der Waals surface area contributed by atoms with Crippen LogP contribution in [0.5, 0.6) is 0 Å². The molecule has 1 aliphatic carbocycles. The summed E-state index contributed by atoms with van der Waals surface area (Å²) >= 11 is 0. The van der Waals surface area contributed by atoms with Gasteiger partial charge in [0, 0.05) is 5.69 Å². The summed E-state index contributed by atoms with van der Waals surface area (Å²) in [6.07, 6.45) is 5.26. The van der Waals surface area contributed by atoms with Crippen LogP contribution in [0.25, 0.3) is 5.69 Å². The number of aromatic nitrogens is 2. The number of hydrogen-bond donors (Lipinski definition) is 2. The molecule has 5 heteroatoms. The van der Waals surface area contributed by atoms with Crippen molar-refractivity contribution in [3.05, 3.63) is 47.3 Å². The zero-order chi connectivity index (χ0) is 14.8. The van der Waals surface area contributed by atoms with Crippen molar-refractivity contribution < 1.29 is 9.90 Å². The summed E-state index contributed by atoms with van der Waals surface area (Å²) in [5, 5.41) is 13.3. The SMILES string of the molecule is NCC1CCCc2c1cnn2-c1ccc(CC(=O)O)cc1. The van der Waals surface area contributed by atoms with Crippen LogP contribution in [0.15, 0.2) is 30.5 Å². The molecule has 0 saturated heterocycles. The zero-order valence-corrected chi connectivity index (χ0v) is 11.8. The fourth-order valence-corrected chi connectivity index (χ4v) is 3.05. The van der Waals surface area contributed by atoms with Gasteiger partial charge in [0.2, 0.25) is 0 Å². The van der Waals surface area contributed by atoms with Crippen LogP contribution in [-0.4, -0.2) is 27.4 Å². The van der Waals surface area contributed by atoms with Gasteiger partial charge >= 0.3 is 5.97 Å². The van der Waals surface area contributed by atoms with Crippen LogP contribution in [-0.2, 0) is 17.6 Å². The molecule has 1 heterocycles. The molecule has 1 unspecified atom stereocenters. The van der Waals surface area contributed by atoms with E-state index < -0.39 is 5.97 Å². The zero-order valence-electron chi connectivity index (χ0n) is 11.8. The second-order valence-corrected chi connectivity index (χ2v) is 5.52. The van der Waals surface area contributed by atoms with Gasteiger partial charge in [-0.3, -0.25) is 4.79 Å². The Morgan fingerprint density at radius 3 is 2.81 bits per heavy atom. The highest BCUT2D eigenvalue weighted by Crippen LogP contribution is 2.31. The van der Waals surface area contributed by atoms with Gasteiger partial charge in [0.05, 0.1) is 18.3 Å². The number of nitrogens with zero attached hydrogens (tertiary/aromatic N) is 2. The van der Waals surface area contributed by atoms with Gasteiger partial charge in [0.1, 0.15) is 0 Å². The van der Waals surface area contributed by atoms with Gasteiger partial charge in [0.25, 0.3) is 0 Å². The molecule has 5 nitrogen and oxygen atoms in total. The van der Waals surface area contributed by atoms with E-state index in [0.717, 1.165) is 30.5 Å². The van der Waals surface area contributed by atoms with Crippen molar-refractivity contribution in [1.82, 2.24) is 9.78 Å². The van der Waals surface area contributed by atoms with E-state index in [1.807, 2.05) is 35.1 Å². The fraction of sp³-hybridized carbons (Fsp3) is 0.375. The van der Waals surface area contributed by atoms with E-state index in [0.29, 0.717) is 12.5 Å². The van der Waals surface area contributed by atoms with E-state index in [-0.39, 0.29) is 6.42 Å². The van der Waals surface area contributed by atoms with E-state index in [2.05, 4.69) is 5.10 Å². The van der Waals surface area contributed by atoms with E-state index in [9.17, 15) is 4.79 Å². The van der Waals surface area contributed by atoms with E-state index in [4.69, 9.17) is 10.8 Å². The van der Waals surface area contributed by atoms with E-state index in [1.165, 1.54) is 11.3 Å². The average molecular weight is 285 g/mol. The van der Waals surface area contributed by atoms with Gasteiger partial charge in [-0.25, -0.2) is 4.68 Å². The van der Waals surface area contributed by atoms with Gasteiger partial charge in [-0.1, -0.05) is 12.1 Å². The molecule has 1 aromatic heterocycles. The molecule has 1 aliphatic rings. The van der Waals surface area contributed by atoms with Crippen molar-refractivity contribution in [1.29, 1.82) is 0 Å². The standard InChI is InChI=1S/C16H19N3O2/c17-9-12-2-1-3-15-14(12)10-18-19(15)13-6-4-11(5-7-13)8-16(20)21/h4-7,10,12H,1-3,8-9,17H2,(H,20,21). The fourth-order valence-electron chi connectivity index (χ4n) is 3.05. The number of hydrogen-bond acceptors (Lipinski definition) is 3. The molecule has 2 aromatic rings. The van der Waals surface area contributed by atoms with E-state index >= 15 is 0 Å². The molecular weight excluding hydrogens is 266 g/mol. The van der Waals surface area contributed by atoms with Gasteiger partial charge in [0.15, 0.2) is 0 Å². The normalized spacial score (nSPS) is 17.5. The van der Waals surface area contributed by atoms with Crippen molar-refractivity contribution in [3.8, 4) is 5.69 Å². The van der Waals surface area contributed by atoms with Crippen LogP contribution < -0.4 is 5.73 Å². The topological polar surface area (TPSA) is 81.1 Å². The first kappa shape index (κ1) is 13.8. The maximum absolute atomic E-state index is 10.7. The molecule has 0 amide bonds. The maximum Gasteiger partial charge on any atom is 0.307 e. The van der Waals surface area contributed by atoms with Crippen molar-refractivity contribution >= 4 is 5.97 Å². The maximum atomic E-state index is 10.7. The number of carboxylic acids is 1. The third-order valence-electron chi connectivity index (χ3n) is 4.13. The molecule has 0 spiro atoms. The third kappa shape index (κ3) is 2.69. The number of aliphatic carboxylic acids is 1. The predicted octanol–water partition coefficient (Wildman–Crippen LogP) is 1.88. The Labute approximate surface area is 123 Å². The quantitative estimate of drug-likeness (QED) is 0.898.